The predicted octanol–water partition coefficient (Wildman–Crippen LogP) is -0.433. The van der Waals surface area contributed by atoms with Crippen LogP contribution < -0.4 is 5.73 Å². The lowest BCUT2D eigenvalue weighted by Crippen LogP contribution is -1.88. The van der Waals surface area contributed by atoms with Crippen molar-refractivity contribution in [1.82, 2.24) is 0 Å². The Labute approximate surface area is 30.1 Å². The smallest absolute Gasteiger partial charge is 0.0639 e. The van der Waals surface area contributed by atoms with E-state index in [-0.39, 0.29) is 0 Å². The maximum Gasteiger partial charge on any atom is 0.0639 e. The molecule has 3 heteroatoms. The molecular formula is C2H5N2O. The first-order valence-electron chi connectivity index (χ1n) is 1.12. The fourth-order valence-corrected chi connectivity index (χ4v) is 0.0385. The summed E-state index contributed by atoms with van der Waals surface area (Å²) in [5.74, 6) is 0. The molecule has 0 fully saturated rings. The molecule has 3 nitrogen and oxygen atoms in total. The van der Waals surface area contributed by atoms with Crippen molar-refractivity contribution in [2.24, 2.45) is 10.9 Å². The second-order valence-electron chi connectivity index (χ2n) is 0.457. The van der Waals surface area contributed by atoms with Crippen molar-refractivity contribution in [2.45, 2.75) is 0 Å². The molecular weight excluding hydrogens is 68.0 g/mol. The molecule has 0 unspecified atom stereocenters. The largest absolute Gasteiger partial charge is 0.411 e. The van der Waals surface area contributed by atoms with Crippen LogP contribution in [0.4, 0.5) is 0 Å². The monoisotopic (exact) mass is 73.0 g/mol. The molecule has 0 spiro atoms. The molecule has 0 saturated carbocycles. The first-order valence-corrected chi connectivity index (χ1v) is 1.12. The molecule has 0 aromatic heterocycles. The van der Waals surface area contributed by atoms with E-state index in [1.807, 2.05) is 0 Å². The lowest BCUT2D eigenvalue weighted by Gasteiger charge is -1.65. The summed E-state index contributed by atoms with van der Waals surface area (Å²) in [6.45, 7) is 1.14. The van der Waals surface area contributed by atoms with E-state index in [0.29, 0.717) is 0 Å². The molecule has 0 atom stereocenters. The van der Waals surface area contributed by atoms with E-state index in [1.165, 1.54) is 0 Å². The zero-order valence-corrected chi connectivity index (χ0v) is 2.63. The van der Waals surface area contributed by atoms with Crippen molar-refractivity contribution in [3.63, 3.8) is 0 Å². The second-order valence-corrected chi connectivity index (χ2v) is 0.457. The van der Waals surface area contributed by atoms with Crippen molar-refractivity contribution in [1.29, 1.82) is 0 Å². The van der Waals surface area contributed by atoms with Crippen molar-refractivity contribution in [2.75, 3.05) is 0 Å². The van der Waals surface area contributed by atoms with Gasteiger partial charge in [-0.3, -0.25) is 0 Å². The highest BCUT2D eigenvalue weighted by atomic mass is 16.4. The Kier molecular flexibility index (Phi) is 3.04. The van der Waals surface area contributed by atoms with E-state index in [4.69, 9.17) is 10.9 Å². The SMILES string of the molecule is N[CH]/C=N/O. The molecule has 5 heavy (non-hydrogen) atoms. The summed E-state index contributed by atoms with van der Waals surface area (Å²) < 4.78 is 0. The van der Waals surface area contributed by atoms with Crippen molar-refractivity contribution < 1.29 is 5.21 Å². The maximum atomic E-state index is 7.52. The van der Waals surface area contributed by atoms with E-state index in [9.17, 15) is 0 Å². The van der Waals surface area contributed by atoms with Crippen LogP contribution in [-0.4, -0.2) is 11.4 Å². The lowest BCUT2D eigenvalue weighted by molar-refractivity contribution is 0.321. The zero-order chi connectivity index (χ0) is 4.12. The van der Waals surface area contributed by atoms with Gasteiger partial charge in [-0.25, -0.2) is 0 Å². The summed E-state index contributed by atoms with van der Waals surface area (Å²) in [6.07, 6.45) is 1.08. The van der Waals surface area contributed by atoms with Crippen LogP contribution >= 0.6 is 0 Å². The summed E-state index contributed by atoms with van der Waals surface area (Å²) >= 11 is 0. The van der Waals surface area contributed by atoms with Gasteiger partial charge in [0.25, 0.3) is 0 Å². The highest BCUT2D eigenvalue weighted by Gasteiger charge is 1.55. The molecule has 0 bridgehead atoms. The second kappa shape index (κ2) is 3.43. The molecule has 0 saturated heterocycles. The van der Waals surface area contributed by atoms with Gasteiger partial charge in [-0.1, -0.05) is 0 Å². The third-order valence-corrected chi connectivity index (χ3v) is 0.153. The Hall–Kier alpha value is -0.570. The first-order chi connectivity index (χ1) is 2.41. The Balaban J connectivity index is 2.62. The van der Waals surface area contributed by atoms with Crippen LogP contribution in [-0.2, 0) is 0 Å². The van der Waals surface area contributed by atoms with Gasteiger partial charge in [-0.2, -0.15) is 0 Å². The van der Waals surface area contributed by atoms with E-state index in [1.54, 1.807) is 0 Å². The minimum absolute atomic E-state index is 1.08. The molecule has 0 aromatic carbocycles. The Morgan fingerprint density at radius 2 is 2.40 bits per heavy atom. The highest BCUT2D eigenvalue weighted by molar-refractivity contribution is 5.65. The minimum Gasteiger partial charge on any atom is -0.411 e. The highest BCUT2D eigenvalue weighted by Crippen LogP contribution is 1.46. The van der Waals surface area contributed by atoms with Gasteiger partial charge in [0.2, 0.25) is 0 Å². The maximum absolute atomic E-state index is 7.52. The summed E-state index contributed by atoms with van der Waals surface area (Å²) in [6, 6.07) is 0. The van der Waals surface area contributed by atoms with Gasteiger partial charge in [0.15, 0.2) is 0 Å². The van der Waals surface area contributed by atoms with Gasteiger partial charge in [0, 0.05) is 0 Å². The van der Waals surface area contributed by atoms with Gasteiger partial charge >= 0.3 is 0 Å². The van der Waals surface area contributed by atoms with Gasteiger partial charge in [-0.15, -0.1) is 5.16 Å². The normalized spacial score (nSPS) is 9.80. The predicted molar refractivity (Wildman–Crippen MR) is 18.8 cm³/mol. The van der Waals surface area contributed by atoms with Gasteiger partial charge in [0.05, 0.1) is 12.8 Å². The average Bonchev–Trinajstić information content (AvgIpc) is 1.41. The van der Waals surface area contributed by atoms with Gasteiger partial charge < -0.3 is 10.9 Å². The molecule has 0 aliphatic heterocycles. The van der Waals surface area contributed by atoms with Crippen LogP contribution in [0.5, 0.6) is 0 Å². The number of rotatable bonds is 1. The molecule has 0 heterocycles. The summed E-state index contributed by atoms with van der Waals surface area (Å²) in [5, 5.41) is 10.1. The molecule has 0 aromatic rings. The molecule has 0 aliphatic carbocycles. The molecule has 0 rings (SSSR count). The molecule has 0 aliphatic rings. The van der Waals surface area contributed by atoms with Crippen LogP contribution in [0.2, 0.25) is 0 Å². The van der Waals surface area contributed by atoms with E-state index in [0.717, 1.165) is 12.8 Å². The van der Waals surface area contributed by atoms with E-state index in [2.05, 4.69) is 5.16 Å². The van der Waals surface area contributed by atoms with Crippen LogP contribution in [0.25, 0.3) is 0 Å². The van der Waals surface area contributed by atoms with Crippen molar-refractivity contribution in [3.05, 3.63) is 6.54 Å². The van der Waals surface area contributed by atoms with E-state index >= 15 is 0 Å². The van der Waals surface area contributed by atoms with Crippen LogP contribution in [0.3, 0.4) is 0 Å². The van der Waals surface area contributed by atoms with Crippen molar-refractivity contribution >= 4 is 6.21 Å². The molecule has 29 valence electrons. The summed E-state index contributed by atoms with van der Waals surface area (Å²) in [7, 11) is 0. The van der Waals surface area contributed by atoms with Gasteiger partial charge in [0.1, 0.15) is 0 Å². The van der Waals surface area contributed by atoms with Crippen LogP contribution in [0, 0.1) is 6.54 Å². The number of nitrogens with two attached hydrogens (primary N) is 1. The minimum atomic E-state index is 1.08. The quantitative estimate of drug-likeness (QED) is 0.251. The molecule has 0 amide bonds. The number of hydrogen-bond acceptors (Lipinski definition) is 3. The van der Waals surface area contributed by atoms with Crippen molar-refractivity contribution in [3.8, 4) is 0 Å². The summed E-state index contributed by atoms with van der Waals surface area (Å²) in [5.41, 5.74) is 4.70. The standard InChI is InChI=1S/C2H5N2O/c3-1-2-4-5/h1-2,5H,3H2/b4-2+. The third kappa shape index (κ3) is 3.43. The van der Waals surface area contributed by atoms with Gasteiger partial charge in [-0.05, 0) is 0 Å². The number of oxime groups is 1. The van der Waals surface area contributed by atoms with Crippen LogP contribution in [0.1, 0.15) is 0 Å². The molecule has 1 radical (unpaired) electrons. The average molecular weight is 73.1 g/mol. The Morgan fingerprint density at radius 1 is 1.80 bits per heavy atom. The fourth-order valence-electron chi connectivity index (χ4n) is 0.0385. The number of hydrogen-bond donors (Lipinski definition) is 2. The molecule has 3 N–H and O–H groups in total. The Bertz CT molecular complexity index is 34.6. The fraction of sp³-hybridized carbons (Fsp3) is 0. The van der Waals surface area contributed by atoms with E-state index < -0.39 is 0 Å². The lowest BCUT2D eigenvalue weighted by atomic mass is 10.8. The van der Waals surface area contributed by atoms with Crippen LogP contribution in [0.15, 0.2) is 5.16 Å². The number of nitrogens with zero attached hydrogens (tertiary/aromatic N) is 1. The third-order valence-electron chi connectivity index (χ3n) is 0.153. The summed E-state index contributed by atoms with van der Waals surface area (Å²) in [4.78, 5) is 0. The zero-order valence-electron chi connectivity index (χ0n) is 2.63. The Morgan fingerprint density at radius 3 is 2.40 bits per heavy atom. The first kappa shape index (κ1) is 4.43. The topological polar surface area (TPSA) is 58.6 Å².